The van der Waals surface area contributed by atoms with Crippen LogP contribution in [0.3, 0.4) is 0 Å². The van der Waals surface area contributed by atoms with Crippen LogP contribution in [0.2, 0.25) is 0 Å². The van der Waals surface area contributed by atoms with Gasteiger partial charge in [-0.2, -0.15) is 10.4 Å². The number of aromatic nitrogens is 2. The van der Waals surface area contributed by atoms with Gasteiger partial charge >= 0.3 is 0 Å². The van der Waals surface area contributed by atoms with Crippen molar-refractivity contribution in [2.75, 3.05) is 20.6 Å². The van der Waals surface area contributed by atoms with Crippen molar-refractivity contribution in [3.05, 3.63) is 53.3 Å². The lowest BCUT2D eigenvalue weighted by molar-refractivity contribution is -0.133. The average Bonchev–Trinajstić information content (AvgIpc) is 3.08. The smallest absolute Gasteiger partial charge is 0.254 e. The van der Waals surface area contributed by atoms with Crippen molar-refractivity contribution in [3.63, 3.8) is 0 Å². The van der Waals surface area contributed by atoms with Gasteiger partial charge in [-0.15, -0.1) is 0 Å². The van der Waals surface area contributed by atoms with Crippen molar-refractivity contribution in [1.82, 2.24) is 19.6 Å². The quantitative estimate of drug-likeness (QED) is 0.827. The third-order valence-corrected chi connectivity index (χ3v) is 4.05. The fourth-order valence-corrected chi connectivity index (χ4v) is 2.83. The van der Waals surface area contributed by atoms with Crippen LogP contribution in [0.15, 0.2) is 36.5 Å². The first-order chi connectivity index (χ1) is 11.5. The van der Waals surface area contributed by atoms with E-state index in [9.17, 15) is 9.59 Å². The zero-order chi connectivity index (χ0) is 17.3. The first-order valence-corrected chi connectivity index (χ1v) is 7.54. The lowest BCUT2D eigenvalue weighted by Gasteiger charge is -2.34. The van der Waals surface area contributed by atoms with Gasteiger partial charge < -0.3 is 9.80 Å². The molecule has 1 atom stereocenters. The normalized spacial score (nSPS) is 16.2. The number of carbonyl (C=O) groups excluding carboxylic acids is 2. The van der Waals surface area contributed by atoms with Gasteiger partial charge in [0.15, 0.2) is 0 Å². The lowest BCUT2D eigenvalue weighted by Crippen LogP contribution is -2.46. The molecule has 1 aromatic carbocycles. The summed E-state index contributed by atoms with van der Waals surface area (Å²) in [6.07, 6.45) is 1.63. The van der Waals surface area contributed by atoms with E-state index < -0.39 is 6.04 Å². The Balaban J connectivity index is 1.91. The molecule has 2 amide bonds. The molecule has 2 heterocycles. The number of hydrogen-bond donors (Lipinski definition) is 0. The van der Waals surface area contributed by atoms with E-state index in [2.05, 4.69) is 5.10 Å². The predicted octanol–water partition coefficient (Wildman–Crippen LogP) is 1.04. The number of hydrogen-bond acceptors (Lipinski definition) is 4. The van der Waals surface area contributed by atoms with Crippen LogP contribution < -0.4 is 0 Å². The maximum Gasteiger partial charge on any atom is 0.254 e. The number of benzene rings is 1. The largest absolute Gasteiger partial charge is 0.347 e. The third-order valence-electron chi connectivity index (χ3n) is 4.05. The lowest BCUT2D eigenvalue weighted by atomic mass is 10.1. The molecule has 0 unspecified atom stereocenters. The summed E-state index contributed by atoms with van der Waals surface area (Å²) in [6.45, 7) is 0.633. The number of likely N-dealkylation sites (N-methyl/N-ethyl adjacent to an activating group) is 1. The maximum absolute atomic E-state index is 12.8. The van der Waals surface area contributed by atoms with Gasteiger partial charge in [-0.25, -0.2) is 0 Å². The topological polar surface area (TPSA) is 82.2 Å². The number of carbonyl (C=O) groups is 2. The molecule has 1 aliphatic heterocycles. The van der Waals surface area contributed by atoms with Crippen molar-refractivity contribution < 1.29 is 9.59 Å². The molecule has 1 aromatic heterocycles. The molecule has 2 aromatic rings. The van der Waals surface area contributed by atoms with Crippen LogP contribution >= 0.6 is 0 Å². The standard InChI is InChI=1S/C17H17N5O2/c1-20(2)17(24)15-11-21(10-14-6-7-19-22(14)15)16(23)13-5-3-4-12(8-13)9-18/h3-8,15H,10-11H2,1-2H3/t15-/m1/s1. The molecule has 122 valence electrons. The Hall–Kier alpha value is -3.14. The minimum absolute atomic E-state index is 0.108. The van der Waals surface area contributed by atoms with Gasteiger partial charge in [0.1, 0.15) is 6.04 Å². The van der Waals surface area contributed by atoms with Gasteiger partial charge in [0.05, 0.1) is 30.4 Å². The van der Waals surface area contributed by atoms with Gasteiger partial charge in [-0.3, -0.25) is 14.3 Å². The van der Waals surface area contributed by atoms with Crippen LogP contribution in [0, 0.1) is 11.3 Å². The van der Waals surface area contributed by atoms with E-state index in [1.165, 1.54) is 4.90 Å². The fraction of sp³-hybridized carbons (Fsp3) is 0.294. The molecule has 0 bridgehead atoms. The summed E-state index contributed by atoms with van der Waals surface area (Å²) < 4.78 is 1.68. The number of nitriles is 1. The van der Waals surface area contributed by atoms with E-state index in [1.54, 1.807) is 60.2 Å². The Bertz CT molecular complexity index is 834. The van der Waals surface area contributed by atoms with Gasteiger partial charge in [-0.05, 0) is 24.3 Å². The zero-order valence-electron chi connectivity index (χ0n) is 13.5. The summed E-state index contributed by atoms with van der Waals surface area (Å²) in [5, 5.41) is 13.2. The van der Waals surface area contributed by atoms with Crippen molar-refractivity contribution in [2.45, 2.75) is 12.6 Å². The van der Waals surface area contributed by atoms with E-state index in [0.717, 1.165) is 5.69 Å². The monoisotopic (exact) mass is 323 g/mol. The number of rotatable bonds is 2. The highest BCUT2D eigenvalue weighted by Gasteiger charge is 2.34. The van der Waals surface area contributed by atoms with Crippen LogP contribution in [0.5, 0.6) is 0 Å². The second kappa shape index (κ2) is 6.16. The molecule has 1 aliphatic rings. The van der Waals surface area contributed by atoms with Gasteiger partial charge in [0, 0.05) is 25.9 Å². The Morgan fingerprint density at radius 1 is 1.33 bits per heavy atom. The van der Waals surface area contributed by atoms with Crippen LogP contribution in [0.25, 0.3) is 0 Å². The minimum Gasteiger partial charge on any atom is -0.347 e. The van der Waals surface area contributed by atoms with E-state index >= 15 is 0 Å². The molecule has 3 rings (SSSR count). The molecule has 0 N–H and O–H groups in total. The highest BCUT2D eigenvalue weighted by Crippen LogP contribution is 2.23. The second-order valence-corrected chi connectivity index (χ2v) is 5.89. The van der Waals surface area contributed by atoms with Crippen molar-refractivity contribution in [1.29, 1.82) is 5.26 Å². The highest BCUT2D eigenvalue weighted by atomic mass is 16.2. The molecule has 0 saturated heterocycles. The first kappa shape index (κ1) is 15.7. The van der Waals surface area contributed by atoms with Gasteiger partial charge in [-0.1, -0.05) is 6.07 Å². The Morgan fingerprint density at radius 3 is 2.83 bits per heavy atom. The third kappa shape index (κ3) is 2.74. The predicted molar refractivity (Wildman–Crippen MR) is 85.9 cm³/mol. The van der Waals surface area contributed by atoms with Crippen molar-refractivity contribution in [2.24, 2.45) is 0 Å². The Labute approximate surface area is 139 Å². The summed E-state index contributed by atoms with van der Waals surface area (Å²) in [5.41, 5.74) is 1.69. The fourth-order valence-electron chi connectivity index (χ4n) is 2.83. The van der Waals surface area contributed by atoms with Crippen molar-refractivity contribution in [3.8, 4) is 6.07 Å². The van der Waals surface area contributed by atoms with E-state index in [1.807, 2.05) is 6.07 Å². The van der Waals surface area contributed by atoms with Crippen LogP contribution in [0.4, 0.5) is 0 Å². The summed E-state index contributed by atoms with van der Waals surface area (Å²) >= 11 is 0. The summed E-state index contributed by atoms with van der Waals surface area (Å²) in [6, 6.07) is 9.88. The van der Waals surface area contributed by atoms with Crippen molar-refractivity contribution >= 4 is 11.8 Å². The molecule has 0 radical (unpaired) electrons. The van der Waals surface area contributed by atoms with Crippen LogP contribution in [-0.4, -0.2) is 52.0 Å². The molecule has 24 heavy (non-hydrogen) atoms. The van der Waals surface area contributed by atoms with E-state index in [-0.39, 0.29) is 18.4 Å². The van der Waals surface area contributed by atoms with Gasteiger partial charge in [0.2, 0.25) is 5.91 Å². The molecule has 0 spiro atoms. The molecule has 0 saturated carbocycles. The average molecular weight is 323 g/mol. The minimum atomic E-state index is -0.540. The molecular weight excluding hydrogens is 306 g/mol. The Kier molecular flexibility index (Phi) is 4.04. The molecular formula is C17H17N5O2. The summed E-state index contributed by atoms with van der Waals surface area (Å²) in [4.78, 5) is 28.4. The van der Waals surface area contributed by atoms with E-state index in [0.29, 0.717) is 17.7 Å². The molecule has 7 nitrogen and oxygen atoms in total. The highest BCUT2D eigenvalue weighted by molar-refractivity contribution is 5.95. The number of amides is 2. The summed E-state index contributed by atoms with van der Waals surface area (Å²) in [7, 11) is 3.37. The summed E-state index contributed by atoms with van der Waals surface area (Å²) in [5.74, 6) is -0.306. The van der Waals surface area contributed by atoms with Crippen LogP contribution in [-0.2, 0) is 11.3 Å². The molecule has 0 aliphatic carbocycles. The molecule has 0 fully saturated rings. The number of fused-ring (bicyclic) bond motifs is 1. The second-order valence-electron chi connectivity index (χ2n) is 5.89. The van der Waals surface area contributed by atoms with Crippen LogP contribution in [0.1, 0.15) is 27.7 Å². The first-order valence-electron chi connectivity index (χ1n) is 7.54. The molecule has 7 heteroatoms. The maximum atomic E-state index is 12.8. The Morgan fingerprint density at radius 2 is 2.12 bits per heavy atom. The van der Waals surface area contributed by atoms with E-state index in [4.69, 9.17) is 5.26 Å². The van der Waals surface area contributed by atoms with Gasteiger partial charge in [0.25, 0.3) is 5.91 Å². The number of nitrogens with zero attached hydrogens (tertiary/aromatic N) is 5. The zero-order valence-corrected chi connectivity index (χ0v) is 13.5. The SMILES string of the molecule is CN(C)C(=O)[C@H]1CN(C(=O)c2cccc(C#N)c2)Cc2ccnn21.